The van der Waals surface area contributed by atoms with E-state index >= 15 is 0 Å². The maximum Gasteiger partial charge on any atom is 0.176 e. The van der Waals surface area contributed by atoms with Crippen LogP contribution in [0.5, 0.6) is 0 Å². The van der Waals surface area contributed by atoms with Gasteiger partial charge in [-0.15, -0.1) is 0 Å². The number of ether oxygens (including phenoxy) is 2. The molecule has 0 aromatic heterocycles. The molecule has 0 aromatic rings. The van der Waals surface area contributed by atoms with E-state index in [2.05, 4.69) is 76.2 Å². The van der Waals surface area contributed by atoms with Gasteiger partial charge in [-0.05, 0) is 23.7 Å². The van der Waals surface area contributed by atoms with Crippen LogP contribution in [-0.2, 0) is 9.47 Å². The topological polar surface area (TPSA) is 18.5 Å². The molecule has 2 heteroatoms. The largest absolute Gasteiger partial charge is 0.349 e. The first-order valence-electron chi connectivity index (χ1n) is 12.1. The van der Waals surface area contributed by atoms with Crippen LogP contribution >= 0.6 is 0 Å². The van der Waals surface area contributed by atoms with Gasteiger partial charge >= 0.3 is 0 Å². The predicted molar refractivity (Wildman–Crippen MR) is 125 cm³/mol. The van der Waals surface area contributed by atoms with Crippen molar-refractivity contribution in [3.8, 4) is 0 Å². The Hall–Kier alpha value is -0.0800. The molecule has 1 unspecified atom stereocenters. The van der Waals surface area contributed by atoms with Crippen LogP contribution in [0.1, 0.15) is 121 Å². The SMILES string of the molecule is CCCCCCCCC(C(C)(C)C)C(OCC(C)C)(OCC(C)C)C(C)(C)C. The molecule has 0 saturated heterocycles. The van der Waals surface area contributed by atoms with E-state index in [0.717, 1.165) is 13.2 Å². The monoisotopic (exact) mass is 398 g/mol. The third-order valence-corrected chi connectivity index (χ3v) is 5.66. The standard InChI is InChI=1S/C26H54O2/c1-12-13-14-15-16-17-18-23(24(6,7)8)26(25(9,10)11,27-19-21(2)3)28-20-22(4)5/h21-23H,12-20H2,1-11H3. The van der Waals surface area contributed by atoms with Crippen LogP contribution in [0.3, 0.4) is 0 Å². The van der Waals surface area contributed by atoms with Crippen LogP contribution < -0.4 is 0 Å². The first-order chi connectivity index (χ1) is 12.8. The predicted octanol–water partition coefficient (Wildman–Crippen LogP) is 8.49. The molecular formula is C26H54O2. The van der Waals surface area contributed by atoms with Gasteiger partial charge in [0.15, 0.2) is 5.79 Å². The molecule has 0 rings (SSSR count). The van der Waals surface area contributed by atoms with Crippen molar-refractivity contribution in [1.29, 1.82) is 0 Å². The van der Waals surface area contributed by atoms with Crippen molar-refractivity contribution in [3.63, 3.8) is 0 Å². The van der Waals surface area contributed by atoms with Crippen molar-refractivity contribution in [2.45, 2.75) is 127 Å². The molecule has 0 radical (unpaired) electrons. The minimum Gasteiger partial charge on any atom is -0.349 e. The summed E-state index contributed by atoms with van der Waals surface area (Å²) >= 11 is 0. The molecule has 170 valence electrons. The van der Waals surface area contributed by atoms with Crippen molar-refractivity contribution in [2.75, 3.05) is 13.2 Å². The van der Waals surface area contributed by atoms with Crippen LogP contribution in [0.25, 0.3) is 0 Å². The van der Waals surface area contributed by atoms with Crippen LogP contribution in [0.15, 0.2) is 0 Å². The molecule has 0 aromatic carbocycles. The Kier molecular flexibility index (Phi) is 12.5. The fourth-order valence-electron chi connectivity index (χ4n) is 4.10. The van der Waals surface area contributed by atoms with E-state index < -0.39 is 5.79 Å². The summed E-state index contributed by atoms with van der Waals surface area (Å²) in [6, 6.07) is 0. The van der Waals surface area contributed by atoms with Crippen LogP contribution in [0.4, 0.5) is 0 Å². The van der Waals surface area contributed by atoms with E-state index in [-0.39, 0.29) is 10.8 Å². The summed E-state index contributed by atoms with van der Waals surface area (Å²) in [6.45, 7) is 26.7. The molecule has 0 amide bonds. The van der Waals surface area contributed by atoms with Gasteiger partial charge in [0.2, 0.25) is 0 Å². The van der Waals surface area contributed by atoms with Crippen molar-refractivity contribution >= 4 is 0 Å². The molecule has 0 aliphatic heterocycles. The summed E-state index contributed by atoms with van der Waals surface area (Å²) < 4.78 is 13.5. The van der Waals surface area contributed by atoms with Crippen LogP contribution in [0, 0.1) is 28.6 Å². The Morgan fingerprint density at radius 2 is 1.07 bits per heavy atom. The molecule has 0 N–H and O–H groups in total. The van der Waals surface area contributed by atoms with E-state index in [4.69, 9.17) is 9.47 Å². The second kappa shape index (κ2) is 12.6. The number of rotatable bonds is 14. The Bertz CT molecular complexity index is 372. The molecular weight excluding hydrogens is 344 g/mol. The summed E-state index contributed by atoms with van der Waals surface area (Å²) in [6.07, 6.45) is 9.15. The van der Waals surface area contributed by atoms with E-state index in [1.54, 1.807) is 0 Å². The molecule has 28 heavy (non-hydrogen) atoms. The third-order valence-electron chi connectivity index (χ3n) is 5.66. The fraction of sp³-hybridized carbons (Fsp3) is 1.00. The molecule has 1 atom stereocenters. The van der Waals surface area contributed by atoms with Gasteiger partial charge in [-0.25, -0.2) is 0 Å². The first kappa shape index (κ1) is 27.9. The lowest BCUT2D eigenvalue weighted by Gasteiger charge is -2.53. The van der Waals surface area contributed by atoms with Crippen molar-refractivity contribution in [2.24, 2.45) is 28.6 Å². The van der Waals surface area contributed by atoms with Gasteiger partial charge in [0.25, 0.3) is 0 Å². The fourth-order valence-corrected chi connectivity index (χ4v) is 4.10. The Morgan fingerprint density at radius 3 is 1.43 bits per heavy atom. The van der Waals surface area contributed by atoms with E-state index in [9.17, 15) is 0 Å². The summed E-state index contributed by atoms with van der Waals surface area (Å²) in [5.41, 5.74) is 0.0432. The molecule has 0 heterocycles. The highest BCUT2D eigenvalue weighted by atomic mass is 16.7. The zero-order valence-electron chi connectivity index (χ0n) is 21.4. The molecule has 0 bridgehead atoms. The van der Waals surface area contributed by atoms with E-state index in [1.165, 1.54) is 44.9 Å². The normalized spacial score (nSPS) is 14.9. The van der Waals surface area contributed by atoms with Gasteiger partial charge < -0.3 is 9.47 Å². The van der Waals surface area contributed by atoms with Crippen molar-refractivity contribution in [1.82, 2.24) is 0 Å². The molecule has 0 spiro atoms. The molecule has 2 nitrogen and oxygen atoms in total. The first-order valence-corrected chi connectivity index (χ1v) is 12.1. The second-order valence-electron chi connectivity index (χ2n) is 11.8. The minimum absolute atomic E-state index is 0.0864. The van der Waals surface area contributed by atoms with Crippen LogP contribution in [0.2, 0.25) is 0 Å². The summed E-state index contributed by atoms with van der Waals surface area (Å²) in [7, 11) is 0. The quantitative estimate of drug-likeness (QED) is 0.216. The van der Waals surface area contributed by atoms with Crippen LogP contribution in [-0.4, -0.2) is 19.0 Å². The highest BCUT2D eigenvalue weighted by Gasteiger charge is 2.54. The lowest BCUT2D eigenvalue weighted by Crippen LogP contribution is -2.58. The number of unbranched alkanes of at least 4 members (excludes halogenated alkanes) is 5. The van der Waals surface area contributed by atoms with Gasteiger partial charge in [0.1, 0.15) is 0 Å². The van der Waals surface area contributed by atoms with Gasteiger partial charge in [0.05, 0.1) is 13.2 Å². The highest BCUT2D eigenvalue weighted by Crippen LogP contribution is 2.50. The molecule has 0 saturated carbocycles. The minimum atomic E-state index is -0.552. The average Bonchev–Trinajstić information content (AvgIpc) is 2.52. The van der Waals surface area contributed by atoms with Gasteiger partial charge in [-0.1, -0.05) is 115 Å². The summed E-state index contributed by atoms with van der Waals surface area (Å²) in [4.78, 5) is 0. The van der Waals surface area contributed by atoms with E-state index in [1.807, 2.05) is 0 Å². The molecule has 0 aliphatic rings. The number of hydrogen-bond donors (Lipinski definition) is 0. The Balaban J connectivity index is 5.65. The maximum atomic E-state index is 6.77. The highest BCUT2D eigenvalue weighted by molar-refractivity contribution is 4.96. The third kappa shape index (κ3) is 9.61. The van der Waals surface area contributed by atoms with Gasteiger partial charge in [-0.3, -0.25) is 0 Å². The zero-order chi connectivity index (χ0) is 22.0. The Labute approximate surface area is 178 Å². The Morgan fingerprint density at radius 1 is 0.643 bits per heavy atom. The van der Waals surface area contributed by atoms with Crippen molar-refractivity contribution < 1.29 is 9.47 Å². The lowest BCUT2D eigenvalue weighted by atomic mass is 9.65. The zero-order valence-corrected chi connectivity index (χ0v) is 21.4. The summed E-state index contributed by atoms with van der Waals surface area (Å²) in [5.74, 6) is 0.810. The maximum absolute atomic E-state index is 6.77. The molecule has 0 aliphatic carbocycles. The average molecular weight is 399 g/mol. The lowest BCUT2D eigenvalue weighted by molar-refractivity contribution is -0.337. The number of hydrogen-bond acceptors (Lipinski definition) is 2. The van der Waals surface area contributed by atoms with Gasteiger partial charge in [-0.2, -0.15) is 0 Å². The smallest absolute Gasteiger partial charge is 0.176 e. The van der Waals surface area contributed by atoms with Crippen molar-refractivity contribution in [3.05, 3.63) is 0 Å². The second-order valence-corrected chi connectivity index (χ2v) is 11.8. The van der Waals surface area contributed by atoms with Gasteiger partial charge in [0, 0.05) is 11.3 Å². The molecule has 0 fully saturated rings. The van der Waals surface area contributed by atoms with E-state index in [0.29, 0.717) is 17.8 Å². The summed E-state index contributed by atoms with van der Waals surface area (Å²) in [5, 5.41) is 0.